The van der Waals surface area contributed by atoms with Crippen LogP contribution in [0.15, 0.2) is 24.4 Å². The summed E-state index contributed by atoms with van der Waals surface area (Å²) in [5, 5.41) is 18.3. The van der Waals surface area contributed by atoms with Crippen LogP contribution in [-0.2, 0) is 22.7 Å². The molecule has 2 aromatic heterocycles. The number of carbonyl (C=O) groups is 1. The van der Waals surface area contributed by atoms with E-state index in [1.807, 2.05) is 57.5 Å². The molecule has 154 valence electrons. The molecule has 0 saturated heterocycles. The maximum Gasteiger partial charge on any atom is 0.312 e. The molecule has 2 heterocycles. The molecule has 3 rings (SSSR count). The molecule has 0 amide bonds. The maximum absolute atomic E-state index is 12.7. The lowest BCUT2D eigenvalue weighted by molar-refractivity contribution is -0.151. The Morgan fingerprint density at radius 1 is 1.31 bits per heavy atom. The normalized spacial score (nSPS) is 12.9. The van der Waals surface area contributed by atoms with Crippen LogP contribution in [0, 0.1) is 19.3 Å². The molecule has 0 aliphatic carbocycles. The molecule has 0 fully saturated rings. The molecule has 3 aromatic rings. The molecular formula is C22H28N4O3. The van der Waals surface area contributed by atoms with E-state index in [1.54, 1.807) is 6.20 Å². The smallest absolute Gasteiger partial charge is 0.312 e. The average molecular weight is 396 g/mol. The molecule has 0 aliphatic rings. The van der Waals surface area contributed by atoms with Crippen LogP contribution in [0.2, 0.25) is 0 Å². The number of aliphatic hydroxyl groups is 1. The number of hydrogen-bond acceptors (Lipinski definition) is 6. The zero-order valence-corrected chi connectivity index (χ0v) is 17.9. The molecule has 29 heavy (non-hydrogen) atoms. The van der Waals surface area contributed by atoms with Crippen molar-refractivity contribution in [1.29, 1.82) is 0 Å². The second kappa shape index (κ2) is 7.91. The average Bonchev–Trinajstić information content (AvgIpc) is 3.14. The van der Waals surface area contributed by atoms with Crippen molar-refractivity contribution < 1.29 is 14.6 Å². The summed E-state index contributed by atoms with van der Waals surface area (Å²) in [5.41, 5.74) is 5.18. The number of methoxy groups -OCH3 is 1. The number of aliphatic hydroxyl groups excluding tert-OH is 1. The highest BCUT2D eigenvalue weighted by molar-refractivity contribution is 5.82. The Morgan fingerprint density at radius 2 is 2.03 bits per heavy atom. The third-order valence-electron chi connectivity index (χ3n) is 5.73. The van der Waals surface area contributed by atoms with E-state index in [0.717, 1.165) is 39.8 Å². The van der Waals surface area contributed by atoms with Crippen molar-refractivity contribution in [1.82, 2.24) is 20.0 Å². The standard InChI is InChI=1S/C22H28N4O3/c1-7-26-18-9-8-16(14(3)20(18)24-25-26)19(22(4,5)21(28)29-6)17-10-15(12-27)13(2)11-23-17/h8-11,19,27H,7,12H2,1-6H3/t19-/m1/s1. The number of carbonyl (C=O) groups excluding carboxylic acids is 1. The van der Waals surface area contributed by atoms with Gasteiger partial charge < -0.3 is 9.84 Å². The van der Waals surface area contributed by atoms with Gasteiger partial charge in [0.1, 0.15) is 5.52 Å². The Balaban J connectivity index is 2.28. The number of benzene rings is 1. The van der Waals surface area contributed by atoms with Gasteiger partial charge in [0, 0.05) is 24.4 Å². The Kier molecular flexibility index (Phi) is 5.71. The van der Waals surface area contributed by atoms with Crippen LogP contribution in [0.25, 0.3) is 11.0 Å². The van der Waals surface area contributed by atoms with Gasteiger partial charge in [0.05, 0.1) is 24.6 Å². The Bertz CT molecular complexity index is 1060. The van der Waals surface area contributed by atoms with Crippen LogP contribution in [0.3, 0.4) is 0 Å². The SMILES string of the molecule is CCn1nnc2c(C)c([C@H](c3cc(CO)c(C)cn3)C(C)(C)C(=O)OC)ccc21. The van der Waals surface area contributed by atoms with E-state index in [0.29, 0.717) is 5.69 Å². The fourth-order valence-corrected chi connectivity index (χ4v) is 3.94. The minimum atomic E-state index is -0.886. The number of esters is 1. The van der Waals surface area contributed by atoms with E-state index in [-0.39, 0.29) is 18.5 Å². The fraction of sp³-hybridized carbons (Fsp3) is 0.455. The van der Waals surface area contributed by atoms with Gasteiger partial charge in [-0.1, -0.05) is 11.3 Å². The van der Waals surface area contributed by atoms with E-state index in [2.05, 4.69) is 15.3 Å². The Hall–Kier alpha value is -2.80. The molecule has 0 saturated carbocycles. The number of rotatable bonds is 6. The number of fused-ring (bicyclic) bond motifs is 1. The predicted molar refractivity (Wildman–Crippen MR) is 110 cm³/mol. The van der Waals surface area contributed by atoms with Crippen LogP contribution in [0.5, 0.6) is 0 Å². The molecule has 0 aliphatic heterocycles. The molecule has 0 radical (unpaired) electrons. The number of ether oxygens (including phenoxy) is 1. The molecule has 0 spiro atoms. The summed E-state index contributed by atoms with van der Waals surface area (Å²) in [4.78, 5) is 17.4. The summed E-state index contributed by atoms with van der Waals surface area (Å²) >= 11 is 0. The van der Waals surface area contributed by atoms with Crippen molar-refractivity contribution in [3.63, 3.8) is 0 Å². The van der Waals surface area contributed by atoms with Crippen LogP contribution in [-0.4, -0.2) is 38.2 Å². The van der Waals surface area contributed by atoms with Crippen molar-refractivity contribution in [2.45, 2.75) is 53.7 Å². The van der Waals surface area contributed by atoms with Crippen LogP contribution < -0.4 is 0 Å². The largest absolute Gasteiger partial charge is 0.469 e. The van der Waals surface area contributed by atoms with Crippen molar-refractivity contribution in [2.24, 2.45) is 5.41 Å². The van der Waals surface area contributed by atoms with Gasteiger partial charge in [-0.15, -0.1) is 5.10 Å². The Morgan fingerprint density at radius 3 is 2.66 bits per heavy atom. The van der Waals surface area contributed by atoms with Crippen molar-refractivity contribution in [3.8, 4) is 0 Å². The van der Waals surface area contributed by atoms with Crippen molar-refractivity contribution in [2.75, 3.05) is 7.11 Å². The highest BCUT2D eigenvalue weighted by Gasteiger charge is 2.42. The maximum atomic E-state index is 12.7. The van der Waals surface area contributed by atoms with Crippen LogP contribution in [0.1, 0.15) is 54.6 Å². The summed E-state index contributed by atoms with van der Waals surface area (Å²) in [6, 6.07) is 5.88. The number of aryl methyl sites for hydroxylation is 3. The fourth-order valence-electron chi connectivity index (χ4n) is 3.94. The van der Waals surface area contributed by atoms with Gasteiger partial charge in [0.2, 0.25) is 0 Å². The summed E-state index contributed by atoms with van der Waals surface area (Å²) in [5.74, 6) is -0.704. The highest BCUT2D eigenvalue weighted by Crippen LogP contribution is 2.43. The molecule has 0 bridgehead atoms. The highest BCUT2D eigenvalue weighted by atomic mass is 16.5. The zero-order chi connectivity index (χ0) is 21.3. The van der Waals surface area contributed by atoms with Crippen LogP contribution >= 0.6 is 0 Å². The van der Waals surface area contributed by atoms with E-state index >= 15 is 0 Å². The number of hydrogen-bond donors (Lipinski definition) is 1. The van der Waals surface area contributed by atoms with Gasteiger partial charge >= 0.3 is 5.97 Å². The first-order valence-corrected chi connectivity index (χ1v) is 9.73. The molecule has 1 aromatic carbocycles. The zero-order valence-electron chi connectivity index (χ0n) is 17.9. The van der Waals surface area contributed by atoms with Crippen LogP contribution in [0.4, 0.5) is 0 Å². The van der Waals surface area contributed by atoms with E-state index in [9.17, 15) is 9.90 Å². The first kappa shape index (κ1) is 20.9. The lowest BCUT2D eigenvalue weighted by atomic mass is 9.71. The van der Waals surface area contributed by atoms with E-state index < -0.39 is 5.41 Å². The first-order chi connectivity index (χ1) is 13.8. The molecule has 1 atom stereocenters. The number of nitrogens with zero attached hydrogens (tertiary/aromatic N) is 4. The first-order valence-electron chi connectivity index (χ1n) is 9.73. The van der Waals surface area contributed by atoms with Gasteiger partial charge in [-0.2, -0.15) is 0 Å². The van der Waals surface area contributed by atoms with Gasteiger partial charge in [0.15, 0.2) is 0 Å². The minimum absolute atomic E-state index is 0.0877. The molecule has 0 unspecified atom stereocenters. The van der Waals surface area contributed by atoms with Crippen molar-refractivity contribution >= 4 is 17.0 Å². The quantitative estimate of drug-likeness (QED) is 0.643. The summed E-state index contributed by atoms with van der Waals surface area (Å²) in [6.07, 6.45) is 1.74. The third-order valence-corrected chi connectivity index (χ3v) is 5.73. The van der Waals surface area contributed by atoms with Crippen molar-refractivity contribution in [3.05, 3.63) is 52.3 Å². The molecule has 7 nitrogen and oxygen atoms in total. The minimum Gasteiger partial charge on any atom is -0.469 e. The van der Waals surface area contributed by atoms with Gasteiger partial charge in [-0.05, 0) is 69.0 Å². The summed E-state index contributed by atoms with van der Waals surface area (Å²) in [6.45, 7) is 10.3. The molecule has 1 N–H and O–H groups in total. The summed E-state index contributed by atoms with van der Waals surface area (Å²) < 4.78 is 6.97. The van der Waals surface area contributed by atoms with Gasteiger partial charge in [-0.3, -0.25) is 9.78 Å². The van der Waals surface area contributed by atoms with E-state index in [4.69, 9.17) is 4.74 Å². The Labute approximate surface area is 170 Å². The molecular weight excluding hydrogens is 368 g/mol. The number of pyridine rings is 1. The molecule has 7 heteroatoms. The topological polar surface area (TPSA) is 90.1 Å². The lowest BCUT2D eigenvalue weighted by Crippen LogP contribution is -2.34. The monoisotopic (exact) mass is 396 g/mol. The number of aromatic nitrogens is 4. The van der Waals surface area contributed by atoms with Gasteiger partial charge in [0.25, 0.3) is 0 Å². The second-order valence-corrected chi connectivity index (χ2v) is 7.89. The van der Waals surface area contributed by atoms with Gasteiger partial charge in [-0.25, -0.2) is 4.68 Å². The third kappa shape index (κ3) is 3.51. The second-order valence-electron chi connectivity index (χ2n) is 7.89. The summed E-state index contributed by atoms with van der Waals surface area (Å²) in [7, 11) is 1.39. The van der Waals surface area contributed by atoms with E-state index in [1.165, 1.54) is 7.11 Å². The lowest BCUT2D eigenvalue weighted by Gasteiger charge is -2.33. The predicted octanol–water partition coefficient (Wildman–Crippen LogP) is 3.29.